The molecule has 0 atom stereocenters. The number of rotatable bonds is 3. The van der Waals surface area contributed by atoms with E-state index in [4.69, 9.17) is 5.73 Å². The van der Waals surface area contributed by atoms with Crippen LogP contribution in [-0.2, 0) is 0 Å². The van der Waals surface area contributed by atoms with Crippen LogP contribution in [0, 0.1) is 0 Å². The van der Waals surface area contributed by atoms with Crippen LogP contribution in [0.1, 0.15) is 38.5 Å². The molecule has 1 aliphatic heterocycles. The van der Waals surface area contributed by atoms with Crippen molar-refractivity contribution in [3.8, 4) is 0 Å². The topological polar surface area (TPSA) is 32.5 Å². The fraction of sp³-hybridized carbons (Fsp3) is 1.00. The Morgan fingerprint density at radius 3 is 2.06 bits per heavy atom. The van der Waals surface area contributed by atoms with Gasteiger partial charge in [-0.05, 0) is 12.8 Å². The van der Waals surface area contributed by atoms with Crippen molar-refractivity contribution in [2.24, 2.45) is 5.73 Å². The quantitative estimate of drug-likeness (QED) is 0.735. The van der Waals surface area contributed by atoms with Crippen LogP contribution in [0.25, 0.3) is 0 Å². The van der Waals surface area contributed by atoms with E-state index in [0.717, 1.165) is 19.1 Å². The van der Waals surface area contributed by atoms with E-state index in [0.29, 0.717) is 0 Å². The molecule has 1 saturated carbocycles. The Hall–Kier alpha value is -0.120. The predicted molar refractivity (Wildman–Crippen MR) is 68.6 cm³/mol. The molecule has 0 aromatic heterocycles. The summed E-state index contributed by atoms with van der Waals surface area (Å²) in [4.78, 5) is 5.24. The summed E-state index contributed by atoms with van der Waals surface area (Å²) < 4.78 is 0. The van der Waals surface area contributed by atoms with Crippen molar-refractivity contribution in [1.29, 1.82) is 0 Å². The van der Waals surface area contributed by atoms with Crippen LogP contribution in [0.15, 0.2) is 0 Å². The highest BCUT2D eigenvalue weighted by molar-refractivity contribution is 4.80. The van der Waals surface area contributed by atoms with E-state index in [2.05, 4.69) is 9.80 Å². The van der Waals surface area contributed by atoms with Crippen LogP contribution >= 0.6 is 0 Å². The molecule has 2 N–H and O–H groups in total. The monoisotopic (exact) mass is 225 g/mol. The molecule has 0 radical (unpaired) electrons. The van der Waals surface area contributed by atoms with Gasteiger partial charge < -0.3 is 5.73 Å². The van der Waals surface area contributed by atoms with E-state index < -0.39 is 0 Å². The highest BCUT2D eigenvalue weighted by Crippen LogP contribution is 2.22. The zero-order chi connectivity index (χ0) is 11.2. The number of piperazine rings is 1. The van der Waals surface area contributed by atoms with E-state index >= 15 is 0 Å². The molecule has 2 aliphatic rings. The second-order valence-corrected chi connectivity index (χ2v) is 5.31. The normalized spacial score (nSPS) is 26.8. The fourth-order valence-corrected chi connectivity index (χ4v) is 3.16. The summed E-state index contributed by atoms with van der Waals surface area (Å²) >= 11 is 0. The van der Waals surface area contributed by atoms with Gasteiger partial charge in [-0.1, -0.05) is 25.7 Å². The average molecular weight is 225 g/mol. The van der Waals surface area contributed by atoms with E-state index in [9.17, 15) is 0 Å². The largest absolute Gasteiger partial charge is 0.329 e. The SMILES string of the molecule is NCCN1CCN(C2CCCCCC2)CC1. The van der Waals surface area contributed by atoms with Crippen LogP contribution in [0.2, 0.25) is 0 Å². The third-order valence-electron chi connectivity index (χ3n) is 4.19. The lowest BCUT2D eigenvalue weighted by molar-refractivity contribution is 0.0908. The Kier molecular flexibility index (Phi) is 5.07. The van der Waals surface area contributed by atoms with Gasteiger partial charge in [-0.3, -0.25) is 9.80 Å². The summed E-state index contributed by atoms with van der Waals surface area (Å²) in [5, 5.41) is 0. The summed E-state index contributed by atoms with van der Waals surface area (Å²) in [6.45, 7) is 6.89. The van der Waals surface area contributed by atoms with Gasteiger partial charge in [0.1, 0.15) is 0 Å². The molecule has 16 heavy (non-hydrogen) atoms. The van der Waals surface area contributed by atoms with E-state index in [1.807, 2.05) is 0 Å². The Morgan fingerprint density at radius 1 is 0.875 bits per heavy atom. The standard InChI is InChI=1S/C13H27N3/c14-7-8-15-9-11-16(12-10-15)13-5-3-1-2-4-6-13/h13H,1-12,14H2. The van der Waals surface area contributed by atoms with Crippen molar-refractivity contribution < 1.29 is 0 Å². The minimum absolute atomic E-state index is 0.809. The fourth-order valence-electron chi connectivity index (χ4n) is 3.16. The Bertz CT molecular complexity index is 180. The second kappa shape index (κ2) is 6.58. The molecule has 0 amide bonds. The van der Waals surface area contributed by atoms with E-state index in [1.54, 1.807) is 0 Å². The number of hydrogen-bond acceptors (Lipinski definition) is 3. The van der Waals surface area contributed by atoms with Crippen molar-refractivity contribution in [3.05, 3.63) is 0 Å². The molecular weight excluding hydrogens is 198 g/mol. The van der Waals surface area contributed by atoms with Gasteiger partial charge in [0.2, 0.25) is 0 Å². The summed E-state index contributed by atoms with van der Waals surface area (Å²) in [5.41, 5.74) is 5.60. The van der Waals surface area contributed by atoms with Gasteiger partial charge in [-0.25, -0.2) is 0 Å². The summed E-state index contributed by atoms with van der Waals surface area (Å²) in [6, 6.07) is 0.891. The Labute approximate surface area is 100.0 Å². The molecule has 0 bridgehead atoms. The third kappa shape index (κ3) is 3.44. The van der Waals surface area contributed by atoms with Crippen molar-refractivity contribution in [3.63, 3.8) is 0 Å². The lowest BCUT2D eigenvalue weighted by Gasteiger charge is -2.39. The molecule has 0 unspecified atom stereocenters. The summed E-state index contributed by atoms with van der Waals surface area (Å²) in [5.74, 6) is 0. The number of nitrogens with zero attached hydrogens (tertiary/aromatic N) is 2. The first-order valence-corrected chi connectivity index (χ1v) is 7.06. The molecule has 0 aromatic rings. The maximum absolute atomic E-state index is 5.60. The van der Waals surface area contributed by atoms with Crippen LogP contribution in [0.3, 0.4) is 0 Å². The lowest BCUT2D eigenvalue weighted by atomic mass is 10.1. The predicted octanol–water partition coefficient (Wildman–Crippen LogP) is 1.29. The second-order valence-electron chi connectivity index (χ2n) is 5.31. The molecule has 1 heterocycles. The molecule has 2 rings (SSSR count). The van der Waals surface area contributed by atoms with Gasteiger partial charge in [0.25, 0.3) is 0 Å². The summed E-state index contributed by atoms with van der Waals surface area (Å²) in [7, 11) is 0. The smallest absolute Gasteiger partial charge is 0.0113 e. The Balaban J connectivity index is 1.74. The highest BCUT2D eigenvalue weighted by atomic mass is 15.3. The van der Waals surface area contributed by atoms with Crippen molar-refractivity contribution in [2.75, 3.05) is 39.3 Å². The average Bonchev–Trinajstić information content (AvgIpc) is 2.59. The lowest BCUT2D eigenvalue weighted by Crippen LogP contribution is -2.51. The molecular formula is C13H27N3. The van der Waals surface area contributed by atoms with E-state index in [1.165, 1.54) is 64.7 Å². The number of hydrogen-bond donors (Lipinski definition) is 1. The van der Waals surface area contributed by atoms with Gasteiger partial charge in [0, 0.05) is 45.3 Å². The van der Waals surface area contributed by atoms with Crippen LogP contribution in [-0.4, -0.2) is 55.1 Å². The van der Waals surface area contributed by atoms with Crippen molar-refractivity contribution >= 4 is 0 Å². The van der Waals surface area contributed by atoms with Gasteiger partial charge in [-0.15, -0.1) is 0 Å². The molecule has 3 nitrogen and oxygen atoms in total. The van der Waals surface area contributed by atoms with Crippen molar-refractivity contribution in [1.82, 2.24) is 9.80 Å². The molecule has 3 heteroatoms. The van der Waals surface area contributed by atoms with Crippen LogP contribution in [0.4, 0.5) is 0 Å². The maximum atomic E-state index is 5.60. The Morgan fingerprint density at radius 2 is 1.50 bits per heavy atom. The first-order valence-electron chi connectivity index (χ1n) is 7.06. The molecule has 0 aromatic carbocycles. The first kappa shape index (κ1) is 12.3. The molecule has 94 valence electrons. The van der Waals surface area contributed by atoms with Gasteiger partial charge >= 0.3 is 0 Å². The molecule has 2 fully saturated rings. The molecule has 0 spiro atoms. The van der Waals surface area contributed by atoms with Crippen LogP contribution < -0.4 is 5.73 Å². The van der Waals surface area contributed by atoms with Crippen LogP contribution in [0.5, 0.6) is 0 Å². The third-order valence-corrected chi connectivity index (χ3v) is 4.19. The molecule has 1 saturated heterocycles. The van der Waals surface area contributed by atoms with Crippen molar-refractivity contribution in [2.45, 2.75) is 44.6 Å². The molecule has 1 aliphatic carbocycles. The van der Waals surface area contributed by atoms with E-state index in [-0.39, 0.29) is 0 Å². The minimum atomic E-state index is 0.809. The van der Waals surface area contributed by atoms with Gasteiger partial charge in [-0.2, -0.15) is 0 Å². The van der Waals surface area contributed by atoms with Gasteiger partial charge in [0.15, 0.2) is 0 Å². The minimum Gasteiger partial charge on any atom is -0.329 e. The highest BCUT2D eigenvalue weighted by Gasteiger charge is 2.23. The maximum Gasteiger partial charge on any atom is 0.0113 e. The zero-order valence-electron chi connectivity index (χ0n) is 10.5. The van der Waals surface area contributed by atoms with Gasteiger partial charge in [0.05, 0.1) is 0 Å². The first-order chi connectivity index (χ1) is 7.90. The zero-order valence-corrected chi connectivity index (χ0v) is 10.5. The summed E-state index contributed by atoms with van der Waals surface area (Å²) in [6.07, 6.45) is 8.71. The number of nitrogens with two attached hydrogens (primary N) is 1.